The van der Waals surface area contributed by atoms with Gasteiger partial charge in [0.2, 0.25) is 0 Å². The minimum absolute atomic E-state index is 0.398. The van der Waals surface area contributed by atoms with Crippen molar-refractivity contribution < 1.29 is 0 Å². The second-order valence-electron chi connectivity index (χ2n) is 3.61. The molecule has 2 N–H and O–H groups in total. The minimum atomic E-state index is 0.398. The fourth-order valence-electron chi connectivity index (χ4n) is 1.87. The highest BCUT2D eigenvalue weighted by atomic mass is 32.1. The Morgan fingerprint density at radius 2 is 2.13 bits per heavy atom. The Labute approximate surface area is 96.3 Å². The Morgan fingerprint density at radius 1 is 1.47 bits per heavy atom. The SMILES string of the molecule is CCN(CC)C(CCN)c1csc(C)n1. The standard InChI is InChI=1S/C11H21N3S/c1-4-14(5-2)11(6-7-12)10-8-15-9(3)13-10/h8,11H,4-7,12H2,1-3H3. The average Bonchev–Trinajstić information content (AvgIpc) is 2.65. The molecule has 4 heteroatoms. The molecule has 0 aliphatic rings. The van der Waals surface area contributed by atoms with Crippen LogP contribution in [0, 0.1) is 6.92 Å². The first kappa shape index (κ1) is 12.6. The molecule has 0 aliphatic carbocycles. The van der Waals surface area contributed by atoms with Gasteiger partial charge in [0.25, 0.3) is 0 Å². The van der Waals surface area contributed by atoms with Crippen LogP contribution in [0.5, 0.6) is 0 Å². The molecule has 1 heterocycles. The van der Waals surface area contributed by atoms with Crippen molar-refractivity contribution in [2.45, 2.75) is 33.2 Å². The third kappa shape index (κ3) is 3.26. The molecule has 0 fully saturated rings. The highest BCUT2D eigenvalue weighted by Gasteiger charge is 2.19. The van der Waals surface area contributed by atoms with E-state index in [1.54, 1.807) is 11.3 Å². The fourth-order valence-corrected chi connectivity index (χ4v) is 2.53. The summed E-state index contributed by atoms with van der Waals surface area (Å²) in [4.78, 5) is 6.99. The molecule has 1 aromatic heterocycles. The van der Waals surface area contributed by atoms with Gasteiger partial charge in [-0.05, 0) is 33.0 Å². The summed E-state index contributed by atoms with van der Waals surface area (Å²) < 4.78 is 0. The minimum Gasteiger partial charge on any atom is -0.330 e. The first-order valence-electron chi connectivity index (χ1n) is 5.59. The number of rotatable bonds is 6. The fraction of sp³-hybridized carbons (Fsp3) is 0.727. The van der Waals surface area contributed by atoms with Crippen molar-refractivity contribution in [2.24, 2.45) is 5.73 Å². The number of nitrogens with two attached hydrogens (primary N) is 1. The van der Waals surface area contributed by atoms with Gasteiger partial charge in [0.05, 0.1) is 16.7 Å². The van der Waals surface area contributed by atoms with E-state index >= 15 is 0 Å². The summed E-state index contributed by atoms with van der Waals surface area (Å²) in [5.74, 6) is 0. The lowest BCUT2D eigenvalue weighted by Gasteiger charge is -2.28. The Bertz CT molecular complexity index is 281. The smallest absolute Gasteiger partial charge is 0.0898 e. The molecule has 1 aromatic rings. The van der Waals surface area contributed by atoms with Crippen LogP contribution in [0.2, 0.25) is 0 Å². The lowest BCUT2D eigenvalue weighted by molar-refractivity contribution is 0.207. The van der Waals surface area contributed by atoms with Gasteiger partial charge >= 0.3 is 0 Å². The molecule has 15 heavy (non-hydrogen) atoms. The van der Waals surface area contributed by atoms with E-state index < -0.39 is 0 Å². The predicted molar refractivity (Wildman–Crippen MR) is 66.2 cm³/mol. The molecular weight excluding hydrogens is 206 g/mol. The number of nitrogens with zero attached hydrogens (tertiary/aromatic N) is 2. The van der Waals surface area contributed by atoms with E-state index in [1.165, 1.54) is 5.69 Å². The van der Waals surface area contributed by atoms with E-state index in [0.717, 1.165) is 31.1 Å². The van der Waals surface area contributed by atoms with E-state index in [-0.39, 0.29) is 0 Å². The molecule has 0 spiro atoms. The Kier molecular flexibility index (Phi) is 5.22. The van der Waals surface area contributed by atoms with E-state index in [4.69, 9.17) is 5.73 Å². The van der Waals surface area contributed by atoms with E-state index in [1.807, 2.05) is 0 Å². The van der Waals surface area contributed by atoms with Crippen LogP contribution in [0.4, 0.5) is 0 Å². The molecule has 0 aromatic carbocycles. The van der Waals surface area contributed by atoms with Crippen molar-refractivity contribution in [3.63, 3.8) is 0 Å². The largest absolute Gasteiger partial charge is 0.330 e. The molecule has 0 radical (unpaired) electrons. The monoisotopic (exact) mass is 227 g/mol. The maximum atomic E-state index is 5.67. The molecule has 0 amide bonds. The van der Waals surface area contributed by atoms with Crippen LogP contribution >= 0.6 is 11.3 Å². The normalized spacial score (nSPS) is 13.4. The molecule has 3 nitrogen and oxygen atoms in total. The number of thiazole rings is 1. The van der Waals surface area contributed by atoms with Crippen LogP contribution in [0.1, 0.15) is 37.0 Å². The number of aryl methyl sites for hydroxylation is 1. The summed E-state index contributed by atoms with van der Waals surface area (Å²) in [6, 6.07) is 0.398. The third-order valence-electron chi connectivity index (χ3n) is 2.67. The summed E-state index contributed by atoms with van der Waals surface area (Å²) in [5, 5.41) is 3.30. The van der Waals surface area contributed by atoms with Gasteiger partial charge in [-0.1, -0.05) is 13.8 Å². The van der Waals surface area contributed by atoms with Crippen molar-refractivity contribution in [2.75, 3.05) is 19.6 Å². The van der Waals surface area contributed by atoms with E-state index in [9.17, 15) is 0 Å². The average molecular weight is 227 g/mol. The number of hydrogen-bond donors (Lipinski definition) is 1. The topological polar surface area (TPSA) is 42.1 Å². The van der Waals surface area contributed by atoms with Gasteiger partial charge in [0, 0.05) is 5.38 Å². The molecule has 1 atom stereocenters. The molecule has 0 saturated heterocycles. The summed E-state index contributed by atoms with van der Waals surface area (Å²) in [6.07, 6.45) is 0.991. The summed E-state index contributed by atoms with van der Waals surface area (Å²) in [5.41, 5.74) is 6.86. The Balaban J connectivity index is 2.81. The quantitative estimate of drug-likeness (QED) is 0.810. The summed E-state index contributed by atoms with van der Waals surface area (Å²) in [7, 11) is 0. The predicted octanol–water partition coefficient (Wildman–Crippen LogP) is 2.18. The Hall–Kier alpha value is -0.450. The van der Waals surface area contributed by atoms with E-state index in [2.05, 4.69) is 36.0 Å². The maximum absolute atomic E-state index is 5.67. The molecular formula is C11H21N3S. The highest BCUT2D eigenvalue weighted by Crippen LogP contribution is 2.24. The molecule has 1 rings (SSSR count). The van der Waals surface area contributed by atoms with Crippen molar-refractivity contribution in [3.8, 4) is 0 Å². The lowest BCUT2D eigenvalue weighted by Crippen LogP contribution is -2.30. The second-order valence-corrected chi connectivity index (χ2v) is 4.67. The number of hydrogen-bond acceptors (Lipinski definition) is 4. The third-order valence-corrected chi connectivity index (χ3v) is 3.46. The van der Waals surface area contributed by atoms with Gasteiger partial charge in [-0.15, -0.1) is 11.3 Å². The molecule has 1 unspecified atom stereocenters. The van der Waals surface area contributed by atoms with Crippen molar-refractivity contribution in [3.05, 3.63) is 16.1 Å². The molecule has 0 saturated carbocycles. The highest BCUT2D eigenvalue weighted by molar-refractivity contribution is 7.09. The molecule has 86 valence electrons. The first-order valence-corrected chi connectivity index (χ1v) is 6.47. The van der Waals surface area contributed by atoms with Crippen molar-refractivity contribution in [1.82, 2.24) is 9.88 Å². The second kappa shape index (κ2) is 6.20. The van der Waals surface area contributed by atoms with Gasteiger partial charge in [-0.25, -0.2) is 4.98 Å². The van der Waals surface area contributed by atoms with Crippen LogP contribution in [0.3, 0.4) is 0 Å². The first-order chi connectivity index (χ1) is 7.22. The number of aromatic nitrogens is 1. The van der Waals surface area contributed by atoms with Crippen LogP contribution in [-0.4, -0.2) is 29.5 Å². The lowest BCUT2D eigenvalue weighted by atomic mass is 10.1. The van der Waals surface area contributed by atoms with Crippen molar-refractivity contribution >= 4 is 11.3 Å². The van der Waals surface area contributed by atoms with Crippen LogP contribution < -0.4 is 5.73 Å². The van der Waals surface area contributed by atoms with Crippen molar-refractivity contribution in [1.29, 1.82) is 0 Å². The summed E-state index contributed by atoms with van der Waals surface area (Å²) >= 11 is 1.72. The van der Waals surface area contributed by atoms with Gasteiger partial charge in [-0.3, -0.25) is 4.90 Å². The molecule has 0 bridgehead atoms. The zero-order valence-electron chi connectivity index (χ0n) is 9.86. The Morgan fingerprint density at radius 3 is 2.53 bits per heavy atom. The van der Waals surface area contributed by atoms with Crippen LogP contribution in [0.25, 0.3) is 0 Å². The van der Waals surface area contributed by atoms with E-state index in [0.29, 0.717) is 6.04 Å². The summed E-state index contributed by atoms with van der Waals surface area (Å²) in [6.45, 7) is 9.25. The van der Waals surface area contributed by atoms with Gasteiger partial charge in [0.1, 0.15) is 0 Å². The van der Waals surface area contributed by atoms with Crippen LogP contribution in [-0.2, 0) is 0 Å². The molecule has 0 aliphatic heterocycles. The van der Waals surface area contributed by atoms with Gasteiger partial charge in [0.15, 0.2) is 0 Å². The maximum Gasteiger partial charge on any atom is 0.0898 e. The van der Waals surface area contributed by atoms with Gasteiger partial charge in [-0.2, -0.15) is 0 Å². The zero-order valence-corrected chi connectivity index (χ0v) is 10.7. The van der Waals surface area contributed by atoms with Crippen LogP contribution in [0.15, 0.2) is 5.38 Å². The zero-order chi connectivity index (χ0) is 11.3. The van der Waals surface area contributed by atoms with Gasteiger partial charge < -0.3 is 5.73 Å².